The number of likely N-dealkylation sites (tertiary alicyclic amines) is 1. The van der Waals surface area contributed by atoms with Gasteiger partial charge in [-0.15, -0.1) is 0 Å². The Morgan fingerprint density at radius 3 is 2.94 bits per heavy atom. The van der Waals surface area contributed by atoms with E-state index in [0.29, 0.717) is 30.4 Å². The molecule has 0 aliphatic carbocycles. The maximum atomic E-state index is 12.3. The summed E-state index contributed by atoms with van der Waals surface area (Å²) in [6.07, 6.45) is 0.937. The molecule has 0 bridgehead atoms. The lowest BCUT2D eigenvalue weighted by molar-refractivity contribution is 0.0786. The lowest BCUT2D eigenvalue weighted by atomic mass is 10.1. The summed E-state index contributed by atoms with van der Waals surface area (Å²) in [5.41, 5.74) is 0.297. The zero-order valence-electron chi connectivity index (χ0n) is 10.6. The van der Waals surface area contributed by atoms with Gasteiger partial charge in [0.05, 0.1) is 12.7 Å². The fraction of sp³-hybridized carbons (Fsp3) is 0.462. The summed E-state index contributed by atoms with van der Waals surface area (Å²) in [6, 6.07) is 5.29. The molecule has 18 heavy (non-hydrogen) atoms. The minimum atomic E-state index is -0.149. The molecule has 0 radical (unpaired) electrons. The average Bonchev–Trinajstić information content (AvgIpc) is 2.87. The predicted octanol–water partition coefficient (Wildman–Crippen LogP) is 0.835. The highest BCUT2D eigenvalue weighted by Gasteiger charge is 2.27. The molecule has 1 amide bonds. The number of methoxy groups -OCH3 is 1. The van der Waals surface area contributed by atoms with E-state index in [1.54, 1.807) is 23.1 Å². The van der Waals surface area contributed by atoms with Crippen molar-refractivity contribution in [2.45, 2.75) is 12.5 Å². The quantitative estimate of drug-likeness (QED) is 0.834. The maximum Gasteiger partial charge on any atom is 0.257 e. The molecule has 0 spiro atoms. The van der Waals surface area contributed by atoms with E-state index in [4.69, 9.17) is 4.74 Å². The maximum absolute atomic E-state index is 12.3. The Morgan fingerprint density at radius 1 is 1.56 bits per heavy atom. The zero-order valence-corrected chi connectivity index (χ0v) is 10.6. The third-order valence-electron chi connectivity index (χ3n) is 3.33. The van der Waals surface area contributed by atoms with Crippen LogP contribution in [-0.4, -0.2) is 49.2 Å². The van der Waals surface area contributed by atoms with Crippen molar-refractivity contribution in [3.8, 4) is 11.5 Å². The number of amides is 1. The number of aromatic hydroxyl groups is 1. The number of nitrogens with zero attached hydrogens (tertiary/aromatic N) is 1. The van der Waals surface area contributed by atoms with Gasteiger partial charge in [-0.25, -0.2) is 0 Å². The van der Waals surface area contributed by atoms with E-state index in [-0.39, 0.29) is 11.7 Å². The van der Waals surface area contributed by atoms with Gasteiger partial charge in [-0.3, -0.25) is 4.79 Å². The van der Waals surface area contributed by atoms with Gasteiger partial charge in [-0.1, -0.05) is 6.07 Å². The number of para-hydroxylation sites is 1. The third-order valence-corrected chi connectivity index (χ3v) is 3.33. The second-order valence-corrected chi connectivity index (χ2v) is 4.38. The van der Waals surface area contributed by atoms with Gasteiger partial charge in [0, 0.05) is 19.1 Å². The minimum Gasteiger partial charge on any atom is -0.504 e. The molecule has 1 unspecified atom stereocenters. The molecule has 1 aliphatic heterocycles. The van der Waals surface area contributed by atoms with Crippen LogP contribution < -0.4 is 10.1 Å². The number of ether oxygens (including phenoxy) is 1. The molecule has 2 N–H and O–H groups in total. The van der Waals surface area contributed by atoms with Gasteiger partial charge in [0.25, 0.3) is 5.91 Å². The van der Waals surface area contributed by atoms with Crippen LogP contribution in [0.4, 0.5) is 0 Å². The summed E-state index contributed by atoms with van der Waals surface area (Å²) >= 11 is 0. The van der Waals surface area contributed by atoms with Gasteiger partial charge in [0.1, 0.15) is 0 Å². The summed E-state index contributed by atoms with van der Waals surface area (Å²) in [5.74, 6) is 0.0901. The van der Waals surface area contributed by atoms with Crippen LogP contribution in [0.25, 0.3) is 0 Å². The first-order valence-electron chi connectivity index (χ1n) is 6.00. The fourth-order valence-electron chi connectivity index (χ4n) is 2.21. The Balaban J connectivity index is 2.19. The van der Waals surface area contributed by atoms with E-state index in [0.717, 1.165) is 6.42 Å². The average molecular weight is 250 g/mol. The molecule has 1 aromatic rings. The van der Waals surface area contributed by atoms with Crippen molar-refractivity contribution >= 4 is 5.91 Å². The van der Waals surface area contributed by atoms with Crippen molar-refractivity contribution < 1.29 is 14.6 Å². The van der Waals surface area contributed by atoms with Crippen LogP contribution in [0.5, 0.6) is 11.5 Å². The monoisotopic (exact) mass is 250 g/mol. The molecular weight excluding hydrogens is 232 g/mol. The third kappa shape index (κ3) is 2.26. The number of hydrogen-bond donors (Lipinski definition) is 2. The SMILES string of the molecule is CNC1CCN(C(=O)c2cccc(OC)c2O)C1. The molecule has 1 aromatic carbocycles. The molecular formula is C13H18N2O3. The molecule has 1 saturated heterocycles. The largest absolute Gasteiger partial charge is 0.504 e. The van der Waals surface area contributed by atoms with E-state index in [9.17, 15) is 9.90 Å². The minimum absolute atomic E-state index is 0.0853. The Morgan fingerprint density at radius 2 is 2.33 bits per heavy atom. The molecule has 5 heteroatoms. The van der Waals surface area contributed by atoms with Crippen molar-refractivity contribution in [3.63, 3.8) is 0 Å². The first-order chi connectivity index (χ1) is 8.67. The second-order valence-electron chi connectivity index (χ2n) is 4.38. The molecule has 5 nitrogen and oxygen atoms in total. The molecule has 1 atom stereocenters. The number of likely N-dealkylation sites (N-methyl/N-ethyl adjacent to an activating group) is 1. The van der Waals surface area contributed by atoms with Crippen LogP contribution in [0, 0.1) is 0 Å². The topological polar surface area (TPSA) is 61.8 Å². The number of rotatable bonds is 3. The smallest absolute Gasteiger partial charge is 0.257 e. The lowest BCUT2D eigenvalue weighted by Gasteiger charge is -2.17. The van der Waals surface area contributed by atoms with Crippen LogP contribution in [0.15, 0.2) is 18.2 Å². The highest BCUT2D eigenvalue weighted by molar-refractivity contribution is 5.97. The highest BCUT2D eigenvalue weighted by Crippen LogP contribution is 2.30. The Kier molecular flexibility index (Phi) is 3.72. The Bertz CT molecular complexity index is 448. The molecule has 0 saturated carbocycles. The van der Waals surface area contributed by atoms with E-state index in [1.807, 2.05) is 7.05 Å². The van der Waals surface area contributed by atoms with Gasteiger partial charge in [0.15, 0.2) is 11.5 Å². The van der Waals surface area contributed by atoms with Crippen molar-refractivity contribution in [3.05, 3.63) is 23.8 Å². The summed E-state index contributed by atoms with van der Waals surface area (Å²) in [6.45, 7) is 1.38. The van der Waals surface area contributed by atoms with Gasteiger partial charge in [-0.2, -0.15) is 0 Å². The Hall–Kier alpha value is -1.75. The molecule has 1 fully saturated rings. The molecule has 2 rings (SSSR count). The molecule has 1 aliphatic rings. The van der Waals surface area contributed by atoms with E-state index < -0.39 is 0 Å². The lowest BCUT2D eigenvalue weighted by Crippen LogP contribution is -2.33. The van der Waals surface area contributed by atoms with Crippen molar-refractivity contribution in [1.82, 2.24) is 10.2 Å². The van der Waals surface area contributed by atoms with Crippen molar-refractivity contribution in [2.75, 3.05) is 27.2 Å². The van der Waals surface area contributed by atoms with Crippen LogP contribution in [0.3, 0.4) is 0 Å². The van der Waals surface area contributed by atoms with E-state index >= 15 is 0 Å². The van der Waals surface area contributed by atoms with Crippen molar-refractivity contribution in [2.24, 2.45) is 0 Å². The summed E-state index contributed by atoms with van der Waals surface area (Å²) in [5, 5.41) is 13.1. The zero-order chi connectivity index (χ0) is 13.1. The number of hydrogen-bond acceptors (Lipinski definition) is 4. The summed E-state index contributed by atoms with van der Waals surface area (Å²) in [4.78, 5) is 14.0. The van der Waals surface area contributed by atoms with Crippen LogP contribution >= 0.6 is 0 Å². The number of carbonyl (C=O) groups is 1. The molecule has 0 aromatic heterocycles. The highest BCUT2D eigenvalue weighted by atomic mass is 16.5. The second kappa shape index (κ2) is 5.27. The first-order valence-corrected chi connectivity index (χ1v) is 6.00. The van der Waals surface area contributed by atoms with E-state index in [1.165, 1.54) is 7.11 Å². The first kappa shape index (κ1) is 12.7. The Labute approximate surface area is 106 Å². The predicted molar refractivity (Wildman–Crippen MR) is 68.0 cm³/mol. The summed E-state index contributed by atoms with van der Waals surface area (Å²) < 4.78 is 5.01. The number of nitrogens with one attached hydrogen (secondary N) is 1. The van der Waals surface area contributed by atoms with Crippen molar-refractivity contribution in [1.29, 1.82) is 0 Å². The van der Waals surface area contributed by atoms with Gasteiger partial charge < -0.3 is 20.1 Å². The van der Waals surface area contributed by atoms with Crippen LogP contribution in [-0.2, 0) is 0 Å². The van der Waals surface area contributed by atoms with Gasteiger partial charge >= 0.3 is 0 Å². The standard InChI is InChI=1S/C13H18N2O3/c1-14-9-6-7-15(8-9)13(17)10-4-3-5-11(18-2)12(10)16/h3-5,9,14,16H,6-8H2,1-2H3. The van der Waals surface area contributed by atoms with Gasteiger partial charge in [-0.05, 0) is 25.6 Å². The van der Waals surface area contributed by atoms with Gasteiger partial charge in [0.2, 0.25) is 0 Å². The summed E-state index contributed by atoms with van der Waals surface area (Å²) in [7, 11) is 3.36. The fourth-order valence-corrected chi connectivity index (χ4v) is 2.21. The normalized spacial score (nSPS) is 19.0. The number of benzene rings is 1. The van der Waals surface area contributed by atoms with E-state index in [2.05, 4.69) is 5.32 Å². The number of carbonyl (C=O) groups excluding carboxylic acids is 1. The van der Waals surface area contributed by atoms with Crippen LogP contribution in [0.2, 0.25) is 0 Å². The number of phenolic OH excluding ortho intramolecular Hbond substituents is 1. The number of phenols is 1. The van der Waals surface area contributed by atoms with Crippen LogP contribution in [0.1, 0.15) is 16.8 Å². The molecule has 98 valence electrons. The molecule has 1 heterocycles.